The molecular weight excluding hydrogens is 204 g/mol. The SMILES string of the molecule is CCC(CC)CN=C1NC(CC)CCS1. The van der Waals surface area contributed by atoms with Gasteiger partial charge in [-0.05, 0) is 18.8 Å². The molecule has 0 aromatic rings. The molecule has 3 heteroatoms. The van der Waals surface area contributed by atoms with E-state index in [4.69, 9.17) is 4.99 Å². The highest BCUT2D eigenvalue weighted by Crippen LogP contribution is 2.16. The molecule has 0 aromatic carbocycles. The Morgan fingerprint density at radius 2 is 2.13 bits per heavy atom. The number of amidine groups is 1. The maximum Gasteiger partial charge on any atom is 0.156 e. The molecule has 0 saturated carbocycles. The number of hydrogen-bond donors (Lipinski definition) is 1. The Bertz CT molecular complexity index is 200. The highest BCUT2D eigenvalue weighted by atomic mass is 32.2. The molecule has 2 nitrogen and oxygen atoms in total. The number of thioether (sulfide) groups is 1. The van der Waals surface area contributed by atoms with Gasteiger partial charge >= 0.3 is 0 Å². The van der Waals surface area contributed by atoms with Crippen LogP contribution in [0.3, 0.4) is 0 Å². The molecule has 1 unspecified atom stereocenters. The molecule has 1 aliphatic rings. The first-order chi connectivity index (χ1) is 7.30. The zero-order valence-electron chi connectivity index (χ0n) is 10.3. The van der Waals surface area contributed by atoms with Crippen LogP contribution in [0.2, 0.25) is 0 Å². The predicted molar refractivity (Wildman–Crippen MR) is 70.7 cm³/mol. The fourth-order valence-electron chi connectivity index (χ4n) is 1.74. The lowest BCUT2D eigenvalue weighted by molar-refractivity contribution is 0.503. The van der Waals surface area contributed by atoms with E-state index in [1.807, 2.05) is 11.8 Å². The molecule has 15 heavy (non-hydrogen) atoms. The summed E-state index contributed by atoms with van der Waals surface area (Å²) in [5, 5.41) is 4.70. The number of nitrogens with zero attached hydrogens (tertiary/aromatic N) is 1. The lowest BCUT2D eigenvalue weighted by Crippen LogP contribution is -2.37. The molecule has 1 fully saturated rings. The normalized spacial score (nSPS) is 24.5. The van der Waals surface area contributed by atoms with Gasteiger partial charge in [-0.3, -0.25) is 4.99 Å². The van der Waals surface area contributed by atoms with Gasteiger partial charge in [-0.1, -0.05) is 45.4 Å². The first kappa shape index (κ1) is 12.9. The Morgan fingerprint density at radius 1 is 1.40 bits per heavy atom. The van der Waals surface area contributed by atoms with Crippen molar-refractivity contribution < 1.29 is 0 Å². The molecule has 1 rings (SSSR count). The topological polar surface area (TPSA) is 24.4 Å². The fraction of sp³-hybridized carbons (Fsp3) is 0.917. The quantitative estimate of drug-likeness (QED) is 0.781. The standard InChI is InChI=1S/C12H24N2S/c1-4-10(5-2)9-13-12-14-11(6-3)7-8-15-12/h10-11H,4-9H2,1-3H3,(H,13,14). The van der Waals surface area contributed by atoms with Crippen LogP contribution >= 0.6 is 11.8 Å². The van der Waals surface area contributed by atoms with Crippen molar-refractivity contribution in [2.45, 2.75) is 52.5 Å². The van der Waals surface area contributed by atoms with Gasteiger partial charge in [-0.25, -0.2) is 0 Å². The summed E-state index contributed by atoms with van der Waals surface area (Å²) < 4.78 is 0. The molecule has 0 aromatic heterocycles. The first-order valence-electron chi connectivity index (χ1n) is 6.23. The number of hydrogen-bond acceptors (Lipinski definition) is 2. The molecule has 0 spiro atoms. The smallest absolute Gasteiger partial charge is 0.156 e. The van der Waals surface area contributed by atoms with Gasteiger partial charge in [0, 0.05) is 18.3 Å². The lowest BCUT2D eigenvalue weighted by atomic mass is 10.0. The lowest BCUT2D eigenvalue weighted by Gasteiger charge is -2.24. The predicted octanol–water partition coefficient (Wildman–Crippen LogP) is 3.28. The van der Waals surface area contributed by atoms with Crippen LogP contribution in [-0.4, -0.2) is 23.5 Å². The van der Waals surface area contributed by atoms with Crippen LogP contribution in [0.25, 0.3) is 0 Å². The van der Waals surface area contributed by atoms with E-state index in [0.29, 0.717) is 6.04 Å². The summed E-state index contributed by atoms with van der Waals surface area (Å²) in [6.07, 6.45) is 4.99. The maximum absolute atomic E-state index is 4.69. The van der Waals surface area contributed by atoms with E-state index in [9.17, 15) is 0 Å². The molecule has 1 aliphatic heterocycles. The largest absolute Gasteiger partial charge is 0.362 e. The van der Waals surface area contributed by atoms with Crippen molar-refractivity contribution in [1.82, 2.24) is 5.32 Å². The average Bonchev–Trinajstić information content (AvgIpc) is 2.31. The van der Waals surface area contributed by atoms with E-state index >= 15 is 0 Å². The summed E-state index contributed by atoms with van der Waals surface area (Å²) in [7, 11) is 0. The summed E-state index contributed by atoms with van der Waals surface area (Å²) in [5.41, 5.74) is 0. The maximum atomic E-state index is 4.69. The van der Waals surface area contributed by atoms with Gasteiger partial charge in [0.1, 0.15) is 0 Å². The van der Waals surface area contributed by atoms with Crippen LogP contribution in [-0.2, 0) is 0 Å². The zero-order chi connectivity index (χ0) is 11.1. The van der Waals surface area contributed by atoms with Gasteiger partial charge in [-0.2, -0.15) is 0 Å². The second kappa shape index (κ2) is 7.15. The van der Waals surface area contributed by atoms with Crippen molar-refractivity contribution in [2.24, 2.45) is 10.9 Å². The minimum absolute atomic E-state index is 0.659. The van der Waals surface area contributed by atoms with Crippen molar-refractivity contribution in [2.75, 3.05) is 12.3 Å². The Kier molecular flexibility index (Phi) is 6.15. The van der Waals surface area contributed by atoms with E-state index in [0.717, 1.165) is 12.5 Å². The van der Waals surface area contributed by atoms with Crippen molar-refractivity contribution in [3.8, 4) is 0 Å². The van der Waals surface area contributed by atoms with E-state index in [2.05, 4.69) is 26.1 Å². The van der Waals surface area contributed by atoms with Gasteiger partial charge in [0.15, 0.2) is 5.17 Å². The molecule has 1 atom stereocenters. The minimum atomic E-state index is 0.659. The second-order valence-corrected chi connectivity index (χ2v) is 5.30. The van der Waals surface area contributed by atoms with Crippen LogP contribution in [0.5, 0.6) is 0 Å². The van der Waals surface area contributed by atoms with Crippen LogP contribution in [0.15, 0.2) is 4.99 Å². The third-order valence-electron chi connectivity index (χ3n) is 3.17. The second-order valence-electron chi connectivity index (χ2n) is 4.22. The van der Waals surface area contributed by atoms with E-state index in [-0.39, 0.29) is 0 Å². The number of rotatable bonds is 5. The first-order valence-corrected chi connectivity index (χ1v) is 7.22. The van der Waals surface area contributed by atoms with Crippen molar-refractivity contribution in [3.63, 3.8) is 0 Å². The molecule has 1 N–H and O–H groups in total. The molecule has 0 radical (unpaired) electrons. The molecule has 1 saturated heterocycles. The van der Waals surface area contributed by atoms with E-state index in [1.165, 1.54) is 36.6 Å². The van der Waals surface area contributed by atoms with Crippen molar-refractivity contribution in [3.05, 3.63) is 0 Å². The van der Waals surface area contributed by atoms with Gasteiger partial charge < -0.3 is 5.32 Å². The number of aliphatic imine (C=N–C) groups is 1. The summed E-state index contributed by atoms with van der Waals surface area (Å²) >= 11 is 1.88. The fourth-order valence-corrected chi connectivity index (χ4v) is 2.75. The summed E-state index contributed by atoms with van der Waals surface area (Å²) in [6, 6.07) is 0.659. The molecule has 1 heterocycles. The highest BCUT2D eigenvalue weighted by molar-refractivity contribution is 8.13. The molecular formula is C12H24N2S. The minimum Gasteiger partial charge on any atom is -0.362 e. The van der Waals surface area contributed by atoms with Gasteiger partial charge in [0.2, 0.25) is 0 Å². The Hall–Kier alpha value is -0.180. The van der Waals surface area contributed by atoms with Gasteiger partial charge in [0.25, 0.3) is 0 Å². The third-order valence-corrected chi connectivity index (χ3v) is 4.13. The van der Waals surface area contributed by atoms with Gasteiger partial charge in [0.05, 0.1) is 0 Å². The van der Waals surface area contributed by atoms with Crippen molar-refractivity contribution in [1.29, 1.82) is 0 Å². The Balaban J connectivity index is 2.37. The van der Waals surface area contributed by atoms with E-state index in [1.54, 1.807) is 0 Å². The van der Waals surface area contributed by atoms with Crippen LogP contribution in [0.4, 0.5) is 0 Å². The third kappa shape index (κ3) is 4.45. The Labute approximate surface area is 98.3 Å². The van der Waals surface area contributed by atoms with Crippen LogP contribution < -0.4 is 5.32 Å². The molecule has 0 bridgehead atoms. The number of nitrogens with one attached hydrogen (secondary N) is 1. The summed E-state index contributed by atoms with van der Waals surface area (Å²) in [6.45, 7) is 7.75. The monoisotopic (exact) mass is 228 g/mol. The van der Waals surface area contributed by atoms with Crippen LogP contribution in [0.1, 0.15) is 46.5 Å². The molecule has 0 aliphatic carbocycles. The molecule has 0 amide bonds. The summed E-state index contributed by atoms with van der Waals surface area (Å²) in [5.74, 6) is 2.00. The molecule has 88 valence electrons. The van der Waals surface area contributed by atoms with E-state index < -0.39 is 0 Å². The van der Waals surface area contributed by atoms with Crippen molar-refractivity contribution >= 4 is 16.9 Å². The average molecular weight is 228 g/mol. The zero-order valence-corrected chi connectivity index (χ0v) is 11.1. The van der Waals surface area contributed by atoms with Gasteiger partial charge in [-0.15, -0.1) is 0 Å². The highest BCUT2D eigenvalue weighted by Gasteiger charge is 2.15. The summed E-state index contributed by atoms with van der Waals surface area (Å²) in [4.78, 5) is 4.69. The Morgan fingerprint density at radius 3 is 2.73 bits per heavy atom. The van der Waals surface area contributed by atoms with Crippen LogP contribution in [0, 0.1) is 5.92 Å².